The first kappa shape index (κ1) is 10.3. The highest BCUT2D eigenvalue weighted by molar-refractivity contribution is 5.38. The minimum absolute atomic E-state index is 0.334. The molecule has 0 radical (unpaired) electrons. The van der Waals surface area contributed by atoms with E-state index in [1.54, 1.807) is 18.3 Å². The topological polar surface area (TPSA) is 66.8 Å². The molecule has 0 aliphatic rings. The third-order valence-electron chi connectivity index (χ3n) is 2.20. The zero-order chi connectivity index (χ0) is 11.4. The molecule has 1 N–H and O–H groups in total. The monoisotopic (exact) mass is 216 g/mol. The van der Waals surface area contributed by atoms with Crippen LogP contribution in [0.1, 0.15) is 18.4 Å². The lowest BCUT2D eigenvalue weighted by Gasteiger charge is -1.99. The first-order valence-electron chi connectivity index (χ1n) is 5.07. The zero-order valence-electron chi connectivity index (χ0n) is 8.97. The average Bonchev–Trinajstić information content (AvgIpc) is 2.95. The number of aryl methyl sites for hydroxylation is 1. The molecule has 0 saturated carbocycles. The lowest BCUT2D eigenvalue weighted by molar-refractivity contribution is 0.506. The predicted molar refractivity (Wildman–Crippen MR) is 58.7 cm³/mol. The second kappa shape index (κ2) is 4.53. The molecule has 0 saturated heterocycles. The van der Waals surface area contributed by atoms with Crippen LogP contribution >= 0.6 is 0 Å². The van der Waals surface area contributed by atoms with Crippen LogP contribution < -0.4 is 5.32 Å². The molecule has 0 amide bonds. The number of furan rings is 1. The van der Waals surface area contributed by atoms with Gasteiger partial charge < -0.3 is 9.73 Å². The summed E-state index contributed by atoms with van der Waals surface area (Å²) in [6, 6.07) is 5.39. The summed E-state index contributed by atoms with van der Waals surface area (Å²) in [5, 5.41) is 15.9. The molecule has 2 aromatic heterocycles. The minimum atomic E-state index is 0.334. The van der Waals surface area contributed by atoms with Crippen LogP contribution in [0, 0.1) is 11.3 Å². The highest BCUT2D eigenvalue weighted by Gasteiger charge is 2.01. The fourth-order valence-corrected chi connectivity index (χ4v) is 1.35. The molecule has 5 nitrogen and oxygen atoms in total. The van der Waals surface area contributed by atoms with Gasteiger partial charge in [0.05, 0.1) is 18.4 Å². The number of nitrogens with one attached hydrogen (secondary N) is 1. The number of nitrogens with zero attached hydrogens (tertiary/aromatic N) is 3. The van der Waals surface area contributed by atoms with E-state index in [9.17, 15) is 0 Å². The molecule has 16 heavy (non-hydrogen) atoms. The van der Waals surface area contributed by atoms with Crippen molar-refractivity contribution in [1.82, 2.24) is 9.78 Å². The van der Waals surface area contributed by atoms with Gasteiger partial charge >= 0.3 is 0 Å². The smallest absolute Gasteiger partial charge is 0.203 e. The molecule has 0 aliphatic heterocycles. The van der Waals surface area contributed by atoms with Crippen LogP contribution in [-0.2, 0) is 13.1 Å². The van der Waals surface area contributed by atoms with Crippen LogP contribution in [0.5, 0.6) is 0 Å². The predicted octanol–water partition coefficient (Wildman–Crippen LogP) is 1.98. The van der Waals surface area contributed by atoms with Crippen molar-refractivity contribution in [2.45, 2.75) is 20.0 Å². The van der Waals surface area contributed by atoms with Crippen LogP contribution in [0.25, 0.3) is 0 Å². The van der Waals surface area contributed by atoms with Crippen LogP contribution in [0.2, 0.25) is 0 Å². The van der Waals surface area contributed by atoms with Gasteiger partial charge in [0.1, 0.15) is 11.8 Å². The second-order valence-electron chi connectivity index (χ2n) is 3.32. The molecular formula is C11H12N4O. The first-order chi connectivity index (χ1) is 7.81. The number of hydrogen-bond acceptors (Lipinski definition) is 4. The third-order valence-corrected chi connectivity index (χ3v) is 2.20. The summed E-state index contributed by atoms with van der Waals surface area (Å²) < 4.78 is 7.08. The summed E-state index contributed by atoms with van der Waals surface area (Å²) in [5.41, 5.74) is 0.941. The van der Waals surface area contributed by atoms with E-state index in [-0.39, 0.29) is 0 Å². The van der Waals surface area contributed by atoms with E-state index in [1.807, 2.05) is 23.9 Å². The summed E-state index contributed by atoms with van der Waals surface area (Å²) in [7, 11) is 0. The molecule has 0 atom stereocenters. The fourth-order valence-electron chi connectivity index (χ4n) is 1.35. The molecule has 0 fully saturated rings. The average molecular weight is 216 g/mol. The molecular weight excluding hydrogens is 204 g/mol. The van der Waals surface area contributed by atoms with Gasteiger partial charge in [-0.15, -0.1) is 0 Å². The maximum absolute atomic E-state index is 8.59. The van der Waals surface area contributed by atoms with Crippen molar-refractivity contribution in [3.63, 3.8) is 0 Å². The number of anilines is 1. The Bertz CT molecular complexity index is 506. The normalized spacial score (nSPS) is 10.0. The summed E-state index contributed by atoms with van der Waals surface area (Å²) in [6.45, 7) is 3.43. The Kier molecular flexibility index (Phi) is 2.92. The van der Waals surface area contributed by atoms with Gasteiger partial charge in [0.15, 0.2) is 0 Å². The number of aromatic nitrogens is 2. The zero-order valence-corrected chi connectivity index (χ0v) is 8.97. The van der Waals surface area contributed by atoms with Gasteiger partial charge in [-0.2, -0.15) is 10.4 Å². The van der Waals surface area contributed by atoms with Crippen molar-refractivity contribution < 1.29 is 4.42 Å². The van der Waals surface area contributed by atoms with E-state index in [1.165, 1.54) is 0 Å². The van der Waals surface area contributed by atoms with Gasteiger partial charge in [0.25, 0.3) is 0 Å². The number of rotatable bonds is 4. The molecule has 2 aromatic rings. The Morgan fingerprint density at radius 3 is 3.06 bits per heavy atom. The van der Waals surface area contributed by atoms with Crippen LogP contribution in [0.3, 0.4) is 0 Å². The highest BCUT2D eigenvalue weighted by atomic mass is 16.3. The molecule has 2 rings (SSSR count). The Morgan fingerprint density at radius 2 is 2.44 bits per heavy atom. The molecule has 5 heteroatoms. The fraction of sp³-hybridized carbons (Fsp3) is 0.273. The van der Waals surface area contributed by atoms with Crippen molar-refractivity contribution >= 4 is 5.69 Å². The minimum Gasteiger partial charge on any atom is -0.449 e. The van der Waals surface area contributed by atoms with Crippen molar-refractivity contribution in [2.24, 2.45) is 0 Å². The summed E-state index contributed by atoms with van der Waals surface area (Å²) in [6.07, 6.45) is 3.69. The Labute approximate surface area is 93.3 Å². The first-order valence-corrected chi connectivity index (χ1v) is 5.07. The van der Waals surface area contributed by atoms with E-state index in [0.717, 1.165) is 18.0 Å². The Balaban J connectivity index is 1.94. The van der Waals surface area contributed by atoms with E-state index in [4.69, 9.17) is 9.68 Å². The van der Waals surface area contributed by atoms with Crippen molar-refractivity contribution in [1.29, 1.82) is 5.26 Å². The maximum Gasteiger partial charge on any atom is 0.203 e. The molecule has 2 heterocycles. The number of hydrogen-bond donors (Lipinski definition) is 1. The summed E-state index contributed by atoms with van der Waals surface area (Å²) in [5.74, 6) is 1.07. The van der Waals surface area contributed by atoms with E-state index in [2.05, 4.69) is 10.4 Å². The lowest BCUT2D eigenvalue weighted by atomic mass is 10.4. The Hall–Kier alpha value is -2.22. The molecule has 0 aromatic carbocycles. The van der Waals surface area contributed by atoms with Crippen LogP contribution in [0.4, 0.5) is 5.69 Å². The van der Waals surface area contributed by atoms with Crippen LogP contribution in [0.15, 0.2) is 28.9 Å². The number of nitriles is 1. The highest BCUT2D eigenvalue weighted by Crippen LogP contribution is 2.10. The molecule has 0 unspecified atom stereocenters. The van der Waals surface area contributed by atoms with Crippen LogP contribution in [-0.4, -0.2) is 9.78 Å². The molecule has 0 aliphatic carbocycles. The van der Waals surface area contributed by atoms with Gasteiger partial charge in [0, 0.05) is 12.7 Å². The quantitative estimate of drug-likeness (QED) is 0.848. The van der Waals surface area contributed by atoms with E-state index in [0.29, 0.717) is 12.3 Å². The van der Waals surface area contributed by atoms with E-state index < -0.39 is 0 Å². The Morgan fingerprint density at radius 1 is 1.56 bits per heavy atom. The molecule has 82 valence electrons. The SMILES string of the molecule is CCn1cc(NCc2ccc(C#N)o2)cn1. The lowest BCUT2D eigenvalue weighted by Crippen LogP contribution is -1.97. The van der Waals surface area contributed by atoms with Gasteiger partial charge in [-0.3, -0.25) is 4.68 Å². The van der Waals surface area contributed by atoms with Crippen molar-refractivity contribution in [2.75, 3.05) is 5.32 Å². The van der Waals surface area contributed by atoms with Gasteiger partial charge in [0.2, 0.25) is 5.76 Å². The van der Waals surface area contributed by atoms with Gasteiger partial charge in [-0.05, 0) is 19.1 Å². The third kappa shape index (κ3) is 2.23. The maximum atomic E-state index is 8.59. The molecule has 0 spiro atoms. The van der Waals surface area contributed by atoms with Gasteiger partial charge in [-0.25, -0.2) is 0 Å². The standard InChI is InChI=1S/C11H12N4O/c1-2-15-8-9(6-14-15)13-7-11-4-3-10(5-12)16-11/h3-4,6,8,13H,2,7H2,1H3. The molecule has 0 bridgehead atoms. The summed E-state index contributed by atoms with van der Waals surface area (Å²) >= 11 is 0. The summed E-state index contributed by atoms with van der Waals surface area (Å²) in [4.78, 5) is 0. The van der Waals surface area contributed by atoms with Crippen molar-refractivity contribution in [3.05, 3.63) is 36.0 Å². The second-order valence-corrected chi connectivity index (χ2v) is 3.32. The largest absolute Gasteiger partial charge is 0.449 e. The van der Waals surface area contributed by atoms with E-state index >= 15 is 0 Å². The van der Waals surface area contributed by atoms with Crippen molar-refractivity contribution in [3.8, 4) is 6.07 Å². The van der Waals surface area contributed by atoms with Gasteiger partial charge in [-0.1, -0.05) is 0 Å².